The van der Waals surface area contributed by atoms with E-state index in [9.17, 15) is 13.2 Å². The molecule has 2 aromatic carbocycles. The first-order chi connectivity index (χ1) is 11.7. The molecule has 0 aromatic heterocycles. The largest absolute Gasteiger partial charge is 0.324 e. The molecule has 5 nitrogen and oxygen atoms in total. The first-order valence-corrected chi connectivity index (χ1v) is 10.0. The van der Waals surface area contributed by atoms with Gasteiger partial charge in [-0.1, -0.05) is 31.2 Å². The lowest BCUT2D eigenvalue weighted by Crippen LogP contribution is -2.45. The summed E-state index contributed by atoms with van der Waals surface area (Å²) < 4.78 is 25.7. The monoisotopic (exact) mass is 360 g/mol. The number of amides is 1. The summed E-state index contributed by atoms with van der Waals surface area (Å²) in [5.41, 5.74) is 3.22. The van der Waals surface area contributed by atoms with Gasteiger partial charge in [0.25, 0.3) is 0 Å². The van der Waals surface area contributed by atoms with Gasteiger partial charge in [-0.05, 0) is 55.7 Å². The number of aryl methyl sites for hydroxylation is 2. The van der Waals surface area contributed by atoms with Crippen molar-refractivity contribution in [1.29, 1.82) is 0 Å². The molecule has 1 atom stereocenters. The molecular weight excluding hydrogens is 336 g/mol. The average molecular weight is 360 g/mol. The first-order valence-electron chi connectivity index (χ1n) is 8.18. The Kier molecular flexibility index (Phi) is 5.85. The number of nitrogens with one attached hydrogen (secondary N) is 1. The van der Waals surface area contributed by atoms with E-state index in [4.69, 9.17) is 0 Å². The van der Waals surface area contributed by atoms with Crippen molar-refractivity contribution in [2.24, 2.45) is 0 Å². The Labute approximate surface area is 149 Å². The Hall–Kier alpha value is -2.34. The molecule has 2 aromatic rings. The summed E-state index contributed by atoms with van der Waals surface area (Å²) in [4.78, 5) is 12.6. The number of anilines is 2. The Morgan fingerprint density at radius 3 is 2.32 bits per heavy atom. The normalized spacial score (nSPS) is 12.5. The van der Waals surface area contributed by atoms with Crippen LogP contribution in [0, 0.1) is 6.92 Å². The van der Waals surface area contributed by atoms with Crippen LogP contribution in [0.2, 0.25) is 0 Å². The van der Waals surface area contributed by atoms with Crippen molar-refractivity contribution < 1.29 is 13.2 Å². The minimum absolute atomic E-state index is 0.379. The van der Waals surface area contributed by atoms with Crippen LogP contribution in [0.3, 0.4) is 0 Å². The smallest absolute Gasteiger partial charge is 0.247 e. The van der Waals surface area contributed by atoms with E-state index in [0.717, 1.165) is 22.5 Å². The van der Waals surface area contributed by atoms with Gasteiger partial charge >= 0.3 is 0 Å². The number of hydrogen-bond acceptors (Lipinski definition) is 3. The molecule has 0 radical (unpaired) electrons. The summed E-state index contributed by atoms with van der Waals surface area (Å²) in [5.74, 6) is -0.379. The molecule has 0 fully saturated rings. The SMILES string of the molecule is CCc1ccc(NC(=O)[C@H](C)N(c2cccc(C)c2)S(C)(=O)=O)cc1. The lowest BCUT2D eigenvalue weighted by atomic mass is 10.1. The van der Waals surface area contributed by atoms with Gasteiger partial charge in [-0.25, -0.2) is 8.42 Å². The Morgan fingerprint density at radius 2 is 1.80 bits per heavy atom. The fourth-order valence-corrected chi connectivity index (χ4v) is 3.81. The van der Waals surface area contributed by atoms with Crippen LogP contribution in [0.15, 0.2) is 48.5 Å². The molecule has 0 spiro atoms. The quantitative estimate of drug-likeness (QED) is 0.859. The Bertz CT molecular complexity index is 845. The lowest BCUT2D eigenvalue weighted by molar-refractivity contribution is -0.116. The zero-order valence-corrected chi connectivity index (χ0v) is 15.8. The van der Waals surface area contributed by atoms with Crippen molar-refractivity contribution in [1.82, 2.24) is 0 Å². The number of carbonyl (C=O) groups is 1. The van der Waals surface area contributed by atoms with Crippen molar-refractivity contribution >= 4 is 27.3 Å². The second kappa shape index (κ2) is 7.70. The molecule has 0 aliphatic rings. The highest BCUT2D eigenvalue weighted by Gasteiger charge is 2.29. The molecule has 134 valence electrons. The number of nitrogens with zero attached hydrogens (tertiary/aromatic N) is 1. The fraction of sp³-hybridized carbons (Fsp3) is 0.316. The van der Waals surface area contributed by atoms with Crippen molar-refractivity contribution in [2.75, 3.05) is 15.9 Å². The maximum Gasteiger partial charge on any atom is 0.247 e. The van der Waals surface area contributed by atoms with Crippen molar-refractivity contribution in [2.45, 2.75) is 33.2 Å². The second-order valence-electron chi connectivity index (χ2n) is 6.11. The zero-order chi connectivity index (χ0) is 18.6. The first kappa shape index (κ1) is 19.0. The summed E-state index contributed by atoms with van der Waals surface area (Å²) in [6.07, 6.45) is 2.02. The van der Waals surface area contributed by atoms with Crippen LogP contribution < -0.4 is 9.62 Å². The maximum atomic E-state index is 12.6. The number of benzene rings is 2. The van der Waals surface area contributed by atoms with Crippen molar-refractivity contribution in [3.8, 4) is 0 Å². The van der Waals surface area contributed by atoms with E-state index in [0.29, 0.717) is 11.4 Å². The maximum absolute atomic E-state index is 12.6. The molecule has 0 bridgehead atoms. The summed E-state index contributed by atoms with van der Waals surface area (Å²) in [6.45, 7) is 5.52. The second-order valence-corrected chi connectivity index (χ2v) is 7.97. The van der Waals surface area contributed by atoms with Gasteiger partial charge in [0.15, 0.2) is 0 Å². The van der Waals surface area contributed by atoms with Gasteiger partial charge in [0, 0.05) is 5.69 Å². The van der Waals surface area contributed by atoms with E-state index in [1.165, 1.54) is 5.56 Å². The molecule has 0 aliphatic carbocycles. The van der Waals surface area contributed by atoms with Crippen LogP contribution >= 0.6 is 0 Å². The Morgan fingerprint density at radius 1 is 1.16 bits per heavy atom. The summed E-state index contributed by atoms with van der Waals surface area (Å²) in [6, 6.07) is 13.7. The van der Waals surface area contributed by atoms with Gasteiger partial charge in [0.05, 0.1) is 11.9 Å². The molecule has 1 amide bonds. The molecule has 0 saturated heterocycles. The average Bonchev–Trinajstić information content (AvgIpc) is 2.54. The van der Waals surface area contributed by atoms with Crippen LogP contribution in [0.5, 0.6) is 0 Å². The van der Waals surface area contributed by atoms with Gasteiger partial charge < -0.3 is 5.32 Å². The van der Waals surface area contributed by atoms with Crippen molar-refractivity contribution in [3.05, 3.63) is 59.7 Å². The summed E-state index contributed by atoms with van der Waals surface area (Å²) >= 11 is 0. The van der Waals surface area contributed by atoms with Gasteiger partial charge in [0.1, 0.15) is 6.04 Å². The van der Waals surface area contributed by atoms with E-state index in [2.05, 4.69) is 12.2 Å². The summed E-state index contributed by atoms with van der Waals surface area (Å²) in [7, 11) is -3.61. The van der Waals surface area contributed by atoms with E-state index >= 15 is 0 Å². The van der Waals surface area contributed by atoms with Crippen LogP contribution in [-0.4, -0.2) is 26.6 Å². The van der Waals surface area contributed by atoms with E-state index < -0.39 is 16.1 Å². The molecule has 0 saturated carbocycles. The lowest BCUT2D eigenvalue weighted by Gasteiger charge is -2.28. The van der Waals surface area contributed by atoms with E-state index in [1.807, 2.05) is 37.3 Å². The van der Waals surface area contributed by atoms with Gasteiger partial charge in [-0.2, -0.15) is 0 Å². The minimum atomic E-state index is -3.61. The molecule has 0 heterocycles. The minimum Gasteiger partial charge on any atom is -0.324 e. The highest BCUT2D eigenvalue weighted by Crippen LogP contribution is 2.22. The van der Waals surface area contributed by atoms with Gasteiger partial charge in [-0.3, -0.25) is 9.10 Å². The van der Waals surface area contributed by atoms with Gasteiger partial charge in [0.2, 0.25) is 15.9 Å². The predicted molar refractivity (Wildman–Crippen MR) is 102 cm³/mol. The van der Waals surface area contributed by atoms with Gasteiger partial charge in [-0.15, -0.1) is 0 Å². The number of rotatable bonds is 6. The third-order valence-corrected chi connectivity index (χ3v) is 5.22. The van der Waals surface area contributed by atoms with Crippen LogP contribution in [0.25, 0.3) is 0 Å². The highest BCUT2D eigenvalue weighted by atomic mass is 32.2. The third-order valence-electron chi connectivity index (χ3n) is 3.97. The molecule has 6 heteroatoms. The highest BCUT2D eigenvalue weighted by molar-refractivity contribution is 7.92. The molecular formula is C19H24N2O3S. The van der Waals surface area contributed by atoms with Crippen LogP contribution in [-0.2, 0) is 21.2 Å². The van der Waals surface area contributed by atoms with E-state index in [-0.39, 0.29) is 5.91 Å². The summed E-state index contributed by atoms with van der Waals surface area (Å²) in [5, 5.41) is 2.78. The molecule has 0 aliphatic heterocycles. The Balaban J connectivity index is 2.26. The molecule has 25 heavy (non-hydrogen) atoms. The van der Waals surface area contributed by atoms with Crippen LogP contribution in [0.4, 0.5) is 11.4 Å². The van der Waals surface area contributed by atoms with Crippen LogP contribution in [0.1, 0.15) is 25.0 Å². The number of hydrogen-bond donors (Lipinski definition) is 1. The standard InChI is InChI=1S/C19H24N2O3S/c1-5-16-9-11-17(12-10-16)20-19(22)15(3)21(25(4,23)24)18-8-6-7-14(2)13-18/h6-13,15H,5H2,1-4H3,(H,20,22)/t15-/m0/s1. The topological polar surface area (TPSA) is 66.5 Å². The number of carbonyl (C=O) groups excluding carboxylic acids is 1. The molecule has 2 rings (SSSR count). The van der Waals surface area contributed by atoms with E-state index in [1.54, 1.807) is 25.1 Å². The number of sulfonamides is 1. The molecule has 1 N–H and O–H groups in total. The van der Waals surface area contributed by atoms with Crippen molar-refractivity contribution in [3.63, 3.8) is 0 Å². The third kappa shape index (κ3) is 4.82. The zero-order valence-electron chi connectivity index (χ0n) is 15.0. The fourth-order valence-electron chi connectivity index (χ4n) is 2.64. The predicted octanol–water partition coefficient (Wildman–Crippen LogP) is 3.35. The molecule has 0 unspecified atom stereocenters.